The van der Waals surface area contributed by atoms with E-state index in [0.29, 0.717) is 29.3 Å². The molecule has 7 heteroatoms. The van der Waals surface area contributed by atoms with E-state index in [4.69, 9.17) is 9.15 Å². The van der Waals surface area contributed by atoms with Crippen molar-refractivity contribution in [1.82, 2.24) is 5.32 Å². The highest BCUT2D eigenvalue weighted by atomic mass is 19.1. The highest BCUT2D eigenvalue weighted by Gasteiger charge is 2.20. The molecule has 0 aliphatic rings. The number of rotatable bonds is 9. The van der Waals surface area contributed by atoms with E-state index in [9.17, 15) is 14.0 Å². The van der Waals surface area contributed by atoms with Gasteiger partial charge in [0.15, 0.2) is 0 Å². The third-order valence-corrected chi connectivity index (χ3v) is 5.44. The Labute approximate surface area is 202 Å². The predicted molar refractivity (Wildman–Crippen MR) is 131 cm³/mol. The fraction of sp³-hybridized carbons (Fsp3) is 0.143. The van der Waals surface area contributed by atoms with E-state index in [0.717, 1.165) is 11.1 Å². The second kappa shape index (κ2) is 11.2. The van der Waals surface area contributed by atoms with Gasteiger partial charge < -0.3 is 19.4 Å². The van der Waals surface area contributed by atoms with Gasteiger partial charge in [-0.05, 0) is 65.7 Å². The van der Waals surface area contributed by atoms with E-state index in [2.05, 4.69) is 5.32 Å². The first-order valence-corrected chi connectivity index (χ1v) is 11.1. The molecule has 0 aliphatic heterocycles. The zero-order valence-electron chi connectivity index (χ0n) is 19.2. The van der Waals surface area contributed by atoms with Crippen LogP contribution in [0.4, 0.5) is 10.1 Å². The Morgan fingerprint density at radius 1 is 0.943 bits per heavy atom. The Hall–Kier alpha value is -4.39. The standard InChI is InChI=1S/C28H25FN2O4/c1-34-25-8-3-6-22(17-25)28(33)31(19-20-10-12-23(29)13-11-20)24-7-2-5-21(15-24)16-27(32)30-18-26-9-4-14-35-26/h2-15,17H,16,18-19H2,1H3,(H,30,32). The van der Waals surface area contributed by atoms with Crippen molar-refractivity contribution in [1.29, 1.82) is 0 Å². The van der Waals surface area contributed by atoms with E-state index in [1.54, 1.807) is 72.9 Å². The molecule has 2 amide bonds. The van der Waals surface area contributed by atoms with Crippen molar-refractivity contribution >= 4 is 17.5 Å². The van der Waals surface area contributed by atoms with Gasteiger partial charge in [0.2, 0.25) is 5.91 Å². The summed E-state index contributed by atoms with van der Waals surface area (Å²) in [6.45, 7) is 0.529. The third kappa shape index (κ3) is 6.35. The number of hydrogen-bond donors (Lipinski definition) is 1. The molecule has 0 atom stereocenters. The minimum Gasteiger partial charge on any atom is -0.497 e. The number of carbonyl (C=O) groups excluding carboxylic acids is 2. The Bertz CT molecular complexity index is 1290. The van der Waals surface area contributed by atoms with Crippen LogP contribution in [0.25, 0.3) is 0 Å². The SMILES string of the molecule is COc1cccc(C(=O)N(Cc2ccc(F)cc2)c2cccc(CC(=O)NCc3ccco3)c2)c1. The second-order valence-electron chi connectivity index (χ2n) is 7.95. The molecule has 0 unspecified atom stereocenters. The predicted octanol–water partition coefficient (Wildman–Crippen LogP) is 5.13. The largest absolute Gasteiger partial charge is 0.497 e. The summed E-state index contributed by atoms with van der Waals surface area (Å²) in [5.74, 6) is 0.485. The molecule has 0 fully saturated rings. The van der Waals surface area contributed by atoms with E-state index >= 15 is 0 Å². The number of nitrogens with zero attached hydrogens (tertiary/aromatic N) is 1. The van der Waals surface area contributed by atoms with Crippen LogP contribution in [-0.2, 0) is 24.3 Å². The average Bonchev–Trinajstić information content (AvgIpc) is 3.41. The molecule has 3 aromatic carbocycles. The smallest absolute Gasteiger partial charge is 0.258 e. The number of nitrogens with one attached hydrogen (secondary N) is 1. The quantitative estimate of drug-likeness (QED) is 0.367. The van der Waals surface area contributed by atoms with E-state index in [1.165, 1.54) is 12.1 Å². The highest BCUT2D eigenvalue weighted by Crippen LogP contribution is 2.24. The van der Waals surface area contributed by atoms with Gasteiger partial charge >= 0.3 is 0 Å². The topological polar surface area (TPSA) is 71.8 Å². The van der Waals surface area contributed by atoms with Crippen LogP contribution >= 0.6 is 0 Å². The van der Waals surface area contributed by atoms with Crippen LogP contribution in [0.2, 0.25) is 0 Å². The van der Waals surface area contributed by atoms with Gasteiger partial charge in [0.25, 0.3) is 5.91 Å². The van der Waals surface area contributed by atoms with Crippen LogP contribution in [-0.4, -0.2) is 18.9 Å². The maximum Gasteiger partial charge on any atom is 0.258 e. The normalized spacial score (nSPS) is 10.6. The summed E-state index contributed by atoms with van der Waals surface area (Å²) < 4.78 is 24.0. The average molecular weight is 473 g/mol. The lowest BCUT2D eigenvalue weighted by Crippen LogP contribution is -2.30. The summed E-state index contributed by atoms with van der Waals surface area (Å²) in [5.41, 5.74) is 2.60. The summed E-state index contributed by atoms with van der Waals surface area (Å²) in [7, 11) is 1.54. The first-order valence-electron chi connectivity index (χ1n) is 11.1. The molecular formula is C28H25FN2O4. The number of halogens is 1. The molecule has 0 saturated carbocycles. The van der Waals surface area contributed by atoms with Crippen LogP contribution < -0.4 is 15.0 Å². The van der Waals surface area contributed by atoms with Gasteiger partial charge in [-0.2, -0.15) is 0 Å². The molecule has 0 bridgehead atoms. The number of carbonyl (C=O) groups is 2. The van der Waals surface area contributed by atoms with E-state index in [-0.39, 0.29) is 30.6 Å². The minimum absolute atomic E-state index is 0.145. The number of furan rings is 1. The molecule has 35 heavy (non-hydrogen) atoms. The molecule has 0 aliphatic carbocycles. The number of benzene rings is 3. The lowest BCUT2D eigenvalue weighted by Gasteiger charge is -2.24. The van der Waals surface area contributed by atoms with Crippen molar-refractivity contribution in [2.75, 3.05) is 12.0 Å². The number of anilines is 1. The van der Waals surface area contributed by atoms with Crippen molar-refractivity contribution in [3.8, 4) is 5.75 Å². The first kappa shape index (κ1) is 23.8. The van der Waals surface area contributed by atoms with Crippen molar-refractivity contribution < 1.29 is 23.1 Å². The van der Waals surface area contributed by atoms with Crippen molar-refractivity contribution in [3.63, 3.8) is 0 Å². The van der Waals surface area contributed by atoms with Crippen LogP contribution in [0, 0.1) is 5.82 Å². The van der Waals surface area contributed by atoms with Gasteiger partial charge in [0.05, 0.1) is 32.9 Å². The summed E-state index contributed by atoms with van der Waals surface area (Å²) in [6.07, 6.45) is 1.70. The maximum absolute atomic E-state index is 13.6. The molecule has 0 saturated heterocycles. The number of hydrogen-bond acceptors (Lipinski definition) is 4. The fourth-order valence-electron chi connectivity index (χ4n) is 3.65. The Morgan fingerprint density at radius 3 is 2.49 bits per heavy atom. The van der Waals surface area contributed by atoms with Crippen LogP contribution in [0.3, 0.4) is 0 Å². The summed E-state index contributed by atoms with van der Waals surface area (Å²) in [5, 5.41) is 2.83. The lowest BCUT2D eigenvalue weighted by molar-refractivity contribution is -0.120. The van der Waals surface area contributed by atoms with Gasteiger partial charge in [0.1, 0.15) is 17.3 Å². The number of methoxy groups -OCH3 is 1. The fourth-order valence-corrected chi connectivity index (χ4v) is 3.65. The molecule has 1 aromatic heterocycles. The van der Waals surface area contributed by atoms with Crippen molar-refractivity contribution in [2.24, 2.45) is 0 Å². The lowest BCUT2D eigenvalue weighted by atomic mass is 10.1. The van der Waals surface area contributed by atoms with Crippen LogP contribution in [0.1, 0.15) is 27.2 Å². The number of ether oxygens (including phenoxy) is 1. The third-order valence-electron chi connectivity index (χ3n) is 5.44. The Kier molecular flexibility index (Phi) is 7.57. The molecule has 4 aromatic rings. The van der Waals surface area contributed by atoms with Gasteiger partial charge in [-0.3, -0.25) is 9.59 Å². The molecule has 178 valence electrons. The van der Waals surface area contributed by atoms with E-state index in [1.807, 2.05) is 18.2 Å². The molecule has 0 spiro atoms. The van der Waals surface area contributed by atoms with Crippen molar-refractivity contribution in [3.05, 3.63) is 119 Å². The van der Waals surface area contributed by atoms with Crippen LogP contribution in [0.15, 0.2) is 95.6 Å². The molecule has 6 nitrogen and oxygen atoms in total. The van der Waals surface area contributed by atoms with Crippen molar-refractivity contribution in [2.45, 2.75) is 19.5 Å². The van der Waals surface area contributed by atoms with Gasteiger partial charge in [0, 0.05) is 11.3 Å². The first-order chi connectivity index (χ1) is 17.0. The Balaban J connectivity index is 1.57. The second-order valence-corrected chi connectivity index (χ2v) is 7.95. The zero-order chi connectivity index (χ0) is 24.6. The summed E-state index contributed by atoms with van der Waals surface area (Å²) in [6, 6.07) is 23.7. The molecule has 0 radical (unpaired) electrons. The Morgan fingerprint density at radius 2 is 1.74 bits per heavy atom. The monoisotopic (exact) mass is 472 g/mol. The summed E-state index contributed by atoms with van der Waals surface area (Å²) >= 11 is 0. The molecule has 1 heterocycles. The zero-order valence-corrected chi connectivity index (χ0v) is 19.2. The molecular weight excluding hydrogens is 447 g/mol. The van der Waals surface area contributed by atoms with Gasteiger partial charge in [-0.25, -0.2) is 4.39 Å². The summed E-state index contributed by atoms with van der Waals surface area (Å²) in [4.78, 5) is 27.6. The minimum atomic E-state index is -0.345. The number of amides is 2. The maximum atomic E-state index is 13.6. The molecule has 4 rings (SSSR count). The molecule has 1 N–H and O–H groups in total. The van der Waals surface area contributed by atoms with Crippen LogP contribution in [0.5, 0.6) is 5.75 Å². The van der Waals surface area contributed by atoms with Gasteiger partial charge in [-0.15, -0.1) is 0 Å². The highest BCUT2D eigenvalue weighted by molar-refractivity contribution is 6.06. The van der Waals surface area contributed by atoms with Gasteiger partial charge in [-0.1, -0.05) is 30.3 Å². The van der Waals surface area contributed by atoms with E-state index < -0.39 is 0 Å².